The van der Waals surface area contributed by atoms with Gasteiger partial charge in [-0.15, -0.1) is 0 Å². The summed E-state index contributed by atoms with van der Waals surface area (Å²) in [5.74, 6) is 1.37. The first-order chi connectivity index (χ1) is 13.9. The van der Waals surface area contributed by atoms with Gasteiger partial charge < -0.3 is 9.64 Å². The first-order valence-electron chi connectivity index (χ1n) is 10.4. The smallest absolute Gasteiger partial charge is 0.316 e. The SMILES string of the molecule is CCC(C)c1ccccc1N=C1SCC(C)(C)CN1C(=S)SCC(=O)OC(C)(C)C. The number of aliphatic imine (C=N–C) groups is 1. The average Bonchev–Trinajstić information content (AvgIpc) is 2.65. The predicted octanol–water partition coefficient (Wildman–Crippen LogP) is 6.62. The van der Waals surface area contributed by atoms with Gasteiger partial charge in [-0.3, -0.25) is 4.79 Å². The first-order valence-corrected chi connectivity index (χ1v) is 12.8. The fraction of sp³-hybridized carbons (Fsp3) is 0.609. The summed E-state index contributed by atoms with van der Waals surface area (Å²) in [5, 5.41) is 0.909. The molecule has 1 aromatic carbocycles. The fourth-order valence-electron chi connectivity index (χ4n) is 3.01. The van der Waals surface area contributed by atoms with Crippen molar-refractivity contribution in [2.75, 3.05) is 18.1 Å². The molecule has 1 saturated heterocycles. The van der Waals surface area contributed by atoms with Crippen LogP contribution in [0.2, 0.25) is 0 Å². The molecule has 1 aliphatic heterocycles. The molecule has 30 heavy (non-hydrogen) atoms. The van der Waals surface area contributed by atoms with E-state index < -0.39 is 5.60 Å². The standard InChI is InChI=1S/C23H34N2O2S3/c1-8-16(2)17-11-9-10-12-18(17)24-20-25(14-23(6,7)15-30-20)21(28)29-13-19(26)27-22(3,4)5/h9-12,16H,8,13-15H2,1-7H3. The van der Waals surface area contributed by atoms with Crippen LogP contribution >= 0.6 is 35.7 Å². The lowest BCUT2D eigenvalue weighted by atomic mass is 9.96. The predicted molar refractivity (Wildman–Crippen MR) is 136 cm³/mol. The van der Waals surface area contributed by atoms with Crippen molar-refractivity contribution < 1.29 is 9.53 Å². The highest BCUT2D eigenvalue weighted by Gasteiger charge is 2.33. The summed E-state index contributed by atoms with van der Waals surface area (Å²) >= 11 is 8.81. The molecule has 1 aliphatic rings. The Labute approximate surface area is 195 Å². The number of thioether (sulfide) groups is 2. The minimum atomic E-state index is -0.492. The van der Waals surface area contributed by atoms with E-state index in [1.54, 1.807) is 11.8 Å². The largest absolute Gasteiger partial charge is 0.459 e. The van der Waals surface area contributed by atoms with Crippen molar-refractivity contribution >= 4 is 56.9 Å². The molecule has 0 aliphatic carbocycles. The second-order valence-electron chi connectivity index (χ2n) is 9.44. The highest BCUT2D eigenvalue weighted by molar-refractivity contribution is 8.23. The first kappa shape index (κ1) is 25.2. The molecule has 0 saturated carbocycles. The number of para-hydroxylation sites is 1. The quantitative estimate of drug-likeness (QED) is 0.359. The second kappa shape index (κ2) is 10.5. The van der Waals surface area contributed by atoms with Crippen molar-refractivity contribution in [2.45, 2.75) is 66.4 Å². The maximum absolute atomic E-state index is 12.1. The lowest BCUT2D eigenvalue weighted by Gasteiger charge is -2.39. The zero-order chi connectivity index (χ0) is 22.5. The van der Waals surface area contributed by atoms with Crippen LogP contribution < -0.4 is 0 Å². The van der Waals surface area contributed by atoms with Crippen LogP contribution in [0.15, 0.2) is 29.3 Å². The number of hydrogen-bond donors (Lipinski definition) is 0. The molecular weight excluding hydrogens is 432 g/mol. The molecule has 1 atom stereocenters. The third-order valence-corrected chi connectivity index (χ3v) is 7.58. The molecule has 1 aromatic rings. The van der Waals surface area contributed by atoms with Crippen molar-refractivity contribution in [3.63, 3.8) is 0 Å². The van der Waals surface area contributed by atoms with E-state index in [1.807, 2.05) is 26.8 Å². The van der Waals surface area contributed by atoms with Crippen LogP contribution in [0.1, 0.15) is 66.4 Å². The van der Waals surface area contributed by atoms with Gasteiger partial charge in [0.05, 0.1) is 11.4 Å². The number of hydrogen-bond acceptors (Lipinski definition) is 6. The van der Waals surface area contributed by atoms with E-state index in [4.69, 9.17) is 21.9 Å². The van der Waals surface area contributed by atoms with Crippen molar-refractivity contribution in [2.24, 2.45) is 10.4 Å². The van der Waals surface area contributed by atoms with Crippen molar-refractivity contribution in [3.05, 3.63) is 29.8 Å². The van der Waals surface area contributed by atoms with Crippen LogP contribution in [-0.4, -0.2) is 44.0 Å². The van der Waals surface area contributed by atoms with Gasteiger partial charge in [-0.2, -0.15) is 0 Å². The third-order valence-electron chi connectivity index (χ3n) is 4.66. The molecule has 1 unspecified atom stereocenters. The monoisotopic (exact) mass is 466 g/mol. The van der Waals surface area contributed by atoms with Crippen LogP contribution in [0.4, 0.5) is 5.69 Å². The van der Waals surface area contributed by atoms with Crippen LogP contribution in [0.5, 0.6) is 0 Å². The maximum Gasteiger partial charge on any atom is 0.316 e. The van der Waals surface area contributed by atoms with E-state index in [1.165, 1.54) is 17.3 Å². The molecule has 1 fully saturated rings. The average molecular weight is 467 g/mol. The Kier molecular flexibility index (Phi) is 8.83. The van der Waals surface area contributed by atoms with Crippen molar-refractivity contribution in [1.82, 2.24) is 4.90 Å². The Bertz CT molecular complexity index is 800. The molecule has 166 valence electrons. The molecule has 0 N–H and O–H groups in total. The normalized spacial score (nSPS) is 18.9. The molecule has 1 heterocycles. The Balaban J connectivity index is 2.23. The maximum atomic E-state index is 12.1. The summed E-state index contributed by atoms with van der Waals surface area (Å²) < 4.78 is 6.09. The topological polar surface area (TPSA) is 41.9 Å². The number of esters is 1. The van der Waals surface area contributed by atoms with Gasteiger partial charge in [-0.05, 0) is 50.2 Å². The molecule has 0 radical (unpaired) electrons. The van der Waals surface area contributed by atoms with E-state index in [2.05, 4.69) is 50.8 Å². The van der Waals surface area contributed by atoms with E-state index in [9.17, 15) is 4.79 Å². The lowest BCUT2D eigenvalue weighted by Crippen LogP contribution is -2.45. The van der Waals surface area contributed by atoms with Crippen LogP contribution in [0.3, 0.4) is 0 Å². The molecule has 0 aromatic heterocycles. The summed E-state index contributed by atoms with van der Waals surface area (Å²) in [6.45, 7) is 15.3. The van der Waals surface area contributed by atoms with Gasteiger partial charge in [0.1, 0.15) is 9.92 Å². The number of carbonyl (C=O) groups is 1. The highest BCUT2D eigenvalue weighted by atomic mass is 32.2. The summed E-state index contributed by atoms with van der Waals surface area (Å²) in [5.41, 5.74) is 1.87. The Morgan fingerprint density at radius 3 is 2.67 bits per heavy atom. The molecule has 0 amide bonds. The third kappa shape index (κ3) is 7.57. The summed E-state index contributed by atoms with van der Waals surface area (Å²) in [6, 6.07) is 8.33. The second-order valence-corrected chi connectivity index (χ2v) is 12.0. The molecule has 0 spiro atoms. The Morgan fingerprint density at radius 1 is 1.37 bits per heavy atom. The van der Waals surface area contributed by atoms with Gasteiger partial charge in [0, 0.05) is 12.3 Å². The zero-order valence-corrected chi connectivity index (χ0v) is 21.6. The Hall–Kier alpha value is -1.05. The van der Waals surface area contributed by atoms with Gasteiger partial charge in [-0.1, -0.05) is 81.6 Å². The summed E-state index contributed by atoms with van der Waals surface area (Å²) in [6.07, 6.45) is 1.07. The van der Waals surface area contributed by atoms with E-state index in [0.717, 1.165) is 29.6 Å². The van der Waals surface area contributed by atoms with Gasteiger partial charge in [0.15, 0.2) is 5.17 Å². The van der Waals surface area contributed by atoms with Crippen molar-refractivity contribution in [3.8, 4) is 0 Å². The van der Waals surface area contributed by atoms with Gasteiger partial charge in [0.25, 0.3) is 0 Å². The Morgan fingerprint density at radius 2 is 2.03 bits per heavy atom. The van der Waals surface area contributed by atoms with E-state index in [-0.39, 0.29) is 17.1 Å². The number of carbonyl (C=O) groups excluding carboxylic acids is 1. The molecule has 7 heteroatoms. The summed E-state index contributed by atoms with van der Waals surface area (Å²) in [4.78, 5) is 19.3. The zero-order valence-electron chi connectivity index (χ0n) is 19.2. The number of amidine groups is 1. The minimum absolute atomic E-state index is 0.108. The number of rotatable bonds is 5. The molecule has 4 nitrogen and oxygen atoms in total. The number of thiocarbonyl (C=S) groups is 1. The summed E-state index contributed by atoms with van der Waals surface area (Å²) in [7, 11) is 0. The number of benzene rings is 1. The highest BCUT2D eigenvalue weighted by Crippen LogP contribution is 2.36. The van der Waals surface area contributed by atoms with Crippen LogP contribution in [0.25, 0.3) is 0 Å². The minimum Gasteiger partial charge on any atom is -0.459 e. The fourth-order valence-corrected chi connectivity index (χ4v) is 5.15. The van der Waals surface area contributed by atoms with Crippen molar-refractivity contribution in [1.29, 1.82) is 0 Å². The van der Waals surface area contributed by atoms with Crippen LogP contribution in [-0.2, 0) is 9.53 Å². The van der Waals surface area contributed by atoms with Gasteiger partial charge >= 0.3 is 5.97 Å². The van der Waals surface area contributed by atoms with E-state index in [0.29, 0.717) is 10.2 Å². The van der Waals surface area contributed by atoms with E-state index >= 15 is 0 Å². The van der Waals surface area contributed by atoms with Gasteiger partial charge in [-0.25, -0.2) is 4.99 Å². The van der Waals surface area contributed by atoms with Crippen LogP contribution in [0, 0.1) is 5.41 Å². The molecule has 0 bridgehead atoms. The number of ether oxygens (including phenoxy) is 1. The van der Waals surface area contributed by atoms with Gasteiger partial charge in [0.2, 0.25) is 0 Å². The molecule has 2 rings (SSSR count). The molecular formula is C23H34N2O2S3. The lowest BCUT2D eigenvalue weighted by molar-refractivity contribution is -0.151. The number of nitrogens with zero attached hydrogens (tertiary/aromatic N) is 2.